The van der Waals surface area contributed by atoms with Gasteiger partial charge in [0.15, 0.2) is 0 Å². The number of aromatic nitrogens is 1. The molecule has 0 saturated carbocycles. The Morgan fingerprint density at radius 3 is 2.39 bits per heavy atom. The van der Waals surface area contributed by atoms with Crippen molar-refractivity contribution in [2.24, 2.45) is 0 Å². The minimum Gasteiger partial charge on any atom is -0.351 e. The maximum atomic E-state index is 12.9. The van der Waals surface area contributed by atoms with Crippen LogP contribution in [0.2, 0.25) is 0 Å². The van der Waals surface area contributed by atoms with E-state index in [1.165, 1.54) is 24.6 Å². The fourth-order valence-corrected chi connectivity index (χ4v) is 4.93. The van der Waals surface area contributed by atoms with Crippen molar-refractivity contribution in [3.63, 3.8) is 0 Å². The molecule has 0 unspecified atom stereocenters. The van der Waals surface area contributed by atoms with Crippen LogP contribution in [-0.2, 0) is 22.7 Å². The lowest BCUT2D eigenvalue weighted by Crippen LogP contribution is -2.34. The summed E-state index contributed by atoms with van der Waals surface area (Å²) in [7, 11) is 0. The van der Waals surface area contributed by atoms with Gasteiger partial charge in [-0.25, -0.2) is 0 Å². The Labute approximate surface area is 187 Å². The first kappa shape index (κ1) is 21.5. The molecule has 162 valence electrons. The van der Waals surface area contributed by atoms with Crippen LogP contribution in [0.5, 0.6) is 0 Å². The zero-order valence-corrected chi connectivity index (χ0v) is 18.6. The van der Waals surface area contributed by atoms with Gasteiger partial charge >= 0.3 is 0 Å². The summed E-state index contributed by atoms with van der Waals surface area (Å²) in [6.45, 7) is 2.61. The predicted octanol–water partition coefficient (Wildman–Crippen LogP) is 4.45. The summed E-state index contributed by atoms with van der Waals surface area (Å²) in [6, 6.07) is 18.0. The second-order valence-electron chi connectivity index (χ2n) is 7.98. The van der Waals surface area contributed by atoms with Crippen LogP contribution in [-0.4, -0.2) is 40.1 Å². The number of thioether (sulfide) groups is 1. The number of para-hydroxylation sites is 1. The smallest absolute Gasteiger partial charge is 0.242 e. The van der Waals surface area contributed by atoms with Crippen molar-refractivity contribution in [2.75, 3.05) is 18.8 Å². The van der Waals surface area contributed by atoms with E-state index in [-0.39, 0.29) is 11.8 Å². The van der Waals surface area contributed by atoms with Crippen molar-refractivity contribution in [2.45, 2.75) is 43.7 Å². The van der Waals surface area contributed by atoms with Crippen LogP contribution in [0.25, 0.3) is 10.9 Å². The summed E-state index contributed by atoms with van der Waals surface area (Å²) in [5.74, 6) is 0.534. The summed E-state index contributed by atoms with van der Waals surface area (Å²) in [5, 5.41) is 4.07. The fourth-order valence-electron chi connectivity index (χ4n) is 4.02. The molecule has 4 rings (SSSR count). The first-order valence-corrected chi connectivity index (χ1v) is 12.0. The summed E-state index contributed by atoms with van der Waals surface area (Å²) in [4.78, 5) is 28.3. The molecule has 1 aliphatic heterocycles. The van der Waals surface area contributed by atoms with Crippen molar-refractivity contribution >= 4 is 34.5 Å². The summed E-state index contributed by atoms with van der Waals surface area (Å²) >= 11 is 1.52. The van der Waals surface area contributed by atoms with Gasteiger partial charge in [-0.2, -0.15) is 0 Å². The summed E-state index contributed by atoms with van der Waals surface area (Å²) < 4.78 is 2.03. The lowest BCUT2D eigenvalue weighted by atomic mass is 10.2. The SMILES string of the molecule is O=C(CSc1cn(CC(=O)N2CCCCCC2)c2ccccc12)NCc1ccccc1. The number of fused-ring (bicyclic) bond motifs is 1. The molecular weight excluding hydrogens is 406 g/mol. The zero-order chi connectivity index (χ0) is 21.5. The zero-order valence-electron chi connectivity index (χ0n) is 17.8. The highest BCUT2D eigenvalue weighted by Crippen LogP contribution is 2.30. The number of carbonyl (C=O) groups is 2. The van der Waals surface area contributed by atoms with Crippen molar-refractivity contribution in [3.05, 3.63) is 66.4 Å². The Hall–Kier alpha value is -2.73. The van der Waals surface area contributed by atoms with Crippen molar-refractivity contribution < 1.29 is 9.59 Å². The Bertz CT molecular complexity index is 1020. The van der Waals surface area contributed by atoms with Crippen LogP contribution in [0.1, 0.15) is 31.2 Å². The lowest BCUT2D eigenvalue weighted by Gasteiger charge is -2.20. The third kappa shape index (κ3) is 5.70. The van der Waals surface area contributed by atoms with Gasteiger partial charge in [-0.15, -0.1) is 11.8 Å². The molecule has 1 N–H and O–H groups in total. The van der Waals surface area contributed by atoms with Crippen LogP contribution >= 0.6 is 11.8 Å². The lowest BCUT2D eigenvalue weighted by molar-refractivity contribution is -0.131. The molecule has 2 aromatic carbocycles. The quantitative estimate of drug-likeness (QED) is 0.558. The Morgan fingerprint density at radius 1 is 0.903 bits per heavy atom. The van der Waals surface area contributed by atoms with E-state index in [1.807, 2.05) is 64.2 Å². The summed E-state index contributed by atoms with van der Waals surface area (Å²) in [5.41, 5.74) is 2.13. The van der Waals surface area contributed by atoms with Gasteiger partial charge in [0.05, 0.1) is 5.75 Å². The molecule has 0 radical (unpaired) electrons. The minimum absolute atomic E-state index is 0.00586. The molecule has 0 spiro atoms. The molecule has 2 heterocycles. The predicted molar refractivity (Wildman–Crippen MR) is 126 cm³/mol. The van der Waals surface area contributed by atoms with Gasteiger partial charge < -0.3 is 14.8 Å². The maximum Gasteiger partial charge on any atom is 0.242 e. The maximum absolute atomic E-state index is 12.9. The van der Waals surface area contributed by atoms with E-state index in [9.17, 15) is 9.59 Å². The summed E-state index contributed by atoms with van der Waals surface area (Å²) in [6.07, 6.45) is 6.64. The van der Waals surface area contributed by atoms with Crippen LogP contribution in [0.4, 0.5) is 0 Å². The second kappa shape index (κ2) is 10.5. The Balaban J connectivity index is 1.40. The molecule has 1 fully saturated rings. The number of amides is 2. The number of nitrogens with zero attached hydrogens (tertiary/aromatic N) is 2. The van der Waals surface area contributed by atoms with Gasteiger partial charge in [-0.3, -0.25) is 9.59 Å². The number of carbonyl (C=O) groups excluding carboxylic acids is 2. The fraction of sp³-hybridized carbons (Fsp3) is 0.360. The van der Waals surface area contributed by atoms with Gasteiger partial charge in [0.2, 0.25) is 11.8 Å². The van der Waals surface area contributed by atoms with E-state index < -0.39 is 0 Å². The number of hydrogen-bond donors (Lipinski definition) is 1. The molecule has 2 amide bonds. The molecule has 0 aliphatic carbocycles. The highest BCUT2D eigenvalue weighted by Gasteiger charge is 2.18. The average Bonchev–Trinajstić information content (AvgIpc) is 2.96. The standard InChI is InChI=1S/C25H29N3O2S/c29-24(26-16-20-10-4-3-5-11-20)19-31-23-17-28(22-13-7-6-12-21(22)23)18-25(30)27-14-8-1-2-9-15-27/h3-7,10-13,17H,1-2,8-9,14-16,18-19H2,(H,26,29). The first-order chi connectivity index (χ1) is 15.2. The minimum atomic E-state index is 0.00586. The Kier molecular flexibility index (Phi) is 7.30. The van der Waals surface area contributed by atoms with Crippen LogP contribution < -0.4 is 5.32 Å². The third-order valence-corrected chi connectivity index (χ3v) is 6.75. The van der Waals surface area contributed by atoms with Crippen LogP contribution in [0, 0.1) is 0 Å². The first-order valence-electron chi connectivity index (χ1n) is 11.0. The van der Waals surface area contributed by atoms with E-state index in [2.05, 4.69) is 11.4 Å². The molecule has 0 atom stereocenters. The van der Waals surface area contributed by atoms with Crippen LogP contribution in [0.3, 0.4) is 0 Å². The van der Waals surface area contributed by atoms with E-state index in [0.29, 0.717) is 18.8 Å². The molecular formula is C25H29N3O2S. The normalized spacial score (nSPS) is 14.4. The monoisotopic (exact) mass is 435 g/mol. The van der Waals surface area contributed by atoms with E-state index in [1.54, 1.807) is 0 Å². The van der Waals surface area contributed by atoms with E-state index in [4.69, 9.17) is 0 Å². The molecule has 0 bridgehead atoms. The number of nitrogens with one attached hydrogen (secondary N) is 1. The largest absolute Gasteiger partial charge is 0.351 e. The van der Waals surface area contributed by atoms with Crippen molar-refractivity contribution in [3.8, 4) is 0 Å². The number of likely N-dealkylation sites (tertiary alicyclic amines) is 1. The molecule has 6 heteroatoms. The Morgan fingerprint density at radius 2 is 1.61 bits per heavy atom. The number of rotatable bonds is 7. The highest BCUT2D eigenvalue weighted by molar-refractivity contribution is 8.00. The second-order valence-corrected chi connectivity index (χ2v) is 9.00. The molecule has 3 aromatic rings. The van der Waals surface area contributed by atoms with E-state index in [0.717, 1.165) is 47.3 Å². The van der Waals surface area contributed by atoms with E-state index >= 15 is 0 Å². The molecule has 5 nitrogen and oxygen atoms in total. The van der Waals surface area contributed by atoms with Crippen molar-refractivity contribution in [1.82, 2.24) is 14.8 Å². The van der Waals surface area contributed by atoms with Gasteiger partial charge in [-0.1, -0.05) is 61.4 Å². The van der Waals surface area contributed by atoms with Crippen molar-refractivity contribution in [1.29, 1.82) is 0 Å². The van der Waals surface area contributed by atoms with Crippen LogP contribution in [0.15, 0.2) is 65.7 Å². The van der Waals surface area contributed by atoms with Gasteiger partial charge in [0.1, 0.15) is 6.54 Å². The van der Waals surface area contributed by atoms with Gasteiger partial charge in [0, 0.05) is 41.6 Å². The average molecular weight is 436 g/mol. The molecule has 1 aliphatic rings. The molecule has 31 heavy (non-hydrogen) atoms. The van der Waals surface area contributed by atoms with Gasteiger partial charge in [0.25, 0.3) is 0 Å². The highest BCUT2D eigenvalue weighted by atomic mass is 32.2. The molecule has 1 aromatic heterocycles. The van der Waals surface area contributed by atoms with Gasteiger partial charge in [-0.05, 0) is 24.5 Å². The molecule has 1 saturated heterocycles. The number of hydrogen-bond acceptors (Lipinski definition) is 3. The topological polar surface area (TPSA) is 54.3 Å². The number of benzene rings is 2. The third-order valence-electron chi connectivity index (χ3n) is 5.71.